The molecule has 3 heterocycles. The van der Waals surface area contributed by atoms with Gasteiger partial charge in [0.1, 0.15) is 17.8 Å². The number of anilines is 1. The van der Waals surface area contributed by atoms with Crippen LogP contribution in [0, 0.1) is 5.41 Å². The number of rotatable bonds is 4. The maximum absolute atomic E-state index is 13.4. The van der Waals surface area contributed by atoms with E-state index < -0.39 is 11.8 Å². The average Bonchev–Trinajstić information content (AvgIpc) is 3.15. The molecule has 1 fully saturated rings. The highest BCUT2D eigenvalue weighted by Gasteiger charge is 2.26. The number of amidine groups is 1. The number of hydrogen-bond donors (Lipinski definition) is 3. The normalized spacial score (nSPS) is 17.9. The second-order valence-electron chi connectivity index (χ2n) is 7.08. The molecule has 1 aliphatic rings. The minimum Gasteiger partial charge on any atom is -0.389 e. The van der Waals surface area contributed by atoms with Crippen molar-refractivity contribution in [2.75, 3.05) is 18.8 Å². The smallest absolute Gasteiger partial charge is 0.134 e. The molecule has 0 saturated carbocycles. The third kappa shape index (κ3) is 3.96. The van der Waals surface area contributed by atoms with Crippen LogP contribution in [0.15, 0.2) is 24.7 Å². The largest absolute Gasteiger partial charge is 0.389 e. The van der Waals surface area contributed by atoms with Crippen molar-refractivity contribution in [2.24, 2.45) is 0 Å². The Bertz CT molecular complexity index is 782. The first-order valence-corrected chi connectivity index (χ1v) is 8.21. The Morgan fingerprint density at radius 1 is 1.44 bits per heavy atom. The van der Waals surface area contributed by atoms with E-state index in [2.05, 4.69) is 10.1 Å². The van der Waals surface area contributed by atoms with Gasteiger partial charge in [0.25, 0.3) is 0 Å². The Hall–Kier alpha value is -2.48. The summed E-state index contributed by atoms with van der Waals surface area (Å²) in [7, 11) is 0. The molecule has 4 N–H and O–H groups in total. The summed E-state index contributed by atoms with van der Waals surface area (Å²) < 4.78 is 15.1. The van der Waals surface area contributed by atoms with Crippen molar-refractivity contribution >= 4 is 11.7 Å². The highest BCUT2D eigenvalue weighted by atomic mass is 19.1. The summed E-state index contributed by atoms with van der Waals surface area (Å²) in [4.78, 5) is 5.86. The fourth-order valence-electron chi connectivity index (χ4n) is 2.91. The Morgan fingerprint density at radius 2 is 2.20 bits per heavy atom. The Balaban J connectivity index is 1.85. The predicted octanol–water partition coefficient (Wildman–Crippen LogP) is 1.67. The van der Waals surface area contributed by atoms with E-state index in [1.165, 1.54) is 0 Å². The van der Waals surface area contributed by atoms with Crippen molar-refractivity contribution in [2.45, 2.75) is 38.6 Å². The summed E-state index contributed by atoms with van der Waals surface area (Å²) in [5.74, 6) is 0.441. The van der Waals surface area contributed by atoms with E-state index in [0.29, 0.717) is 25.1 Å². The van der Waals surface area contributed by atoms with E-state index >= 15 is 0 Å². The molecule has 25 heavy (non-hydrogen) atoms. The summed E-state index contributed by atoms with van der Waals surface area (Å²) in [5, 5.41) is 22.5. The molecule has 2 aromatic rings. The predicted molar refractivity (Wildman–Crippen MR) is 94.1 cm³/mol. The van der Waals surface area contributed by atoms with Crippen LogP contribution in [-0.2, 0) is 6.54 Å². The lowest BCUT2D eigenvalue weighted by molar-refractivity contribution is 0.0577. The second kappa shape index (κ2) is 6.44. The summed E-state index contributed by atoms with van der Waals surface area (Å²) in [6, 6.07) is 1.78. The number of nitrogens with zero attached hydrogens (tertiary/aromatic N) is 4. The van der Waals surface area contributed by atoms with Crippen LogP contribution >= 0.6 is 0 Å². The van der Waals surface area contributed by atoms with Gasteiger partial charge in [-0.1, -0.05) is 0 Å². The topological polar surface area (TPSA) is 104 Å². The van der Waals surface area contributed by atoms with Gasteiger partial charge < -0.3 is 15.7 Å². The van der Waals surface area contributed by atoms with Crippen LogP contribution in [0.1, 0.15) is 25.8 Å². The van der Waals surface area contributed by atoms with Crippen molar-refractivity contribution in [3.05, 3.63) is 30.2 Å². The second-order valence-corrected chi connectivity index (χ2v) is 7.08. The van der Waals surface area contributed by atoms with Gasteiger partial charge in [-0.3, -0.25) is 10.1 Å². The number of likely N-dealkylation sites (tertiary alicyclic amines) is 1. The number of pyridine rings is 1. The van der Waals surface area contributed by atoms with Gasteiger partial charge in [0.05, 0.1) is 30.5 Å². The number of halogens is 1. The van der Waals surface area contributed by atoms with E-state index in [0.717, 1.165) is 11.1 Å². The van der Waals surface area contributed by atoms with Gasteiger partial charge in [-0.15, -0.1) is 0 Å². The Kier molecular flexibility index (Phi) is 4.47. The van der Waals surface area contributed by atoms with Gasteiger partial charge in [0.15, 0.2) is 0 Å². The lowest BCUT2D eigenvalue weighted by Gasteiger charge is -2.19. The van der Waals surface area contributed by atoms with E-state index in [-0.39, 0.29) is 18.2 Å². The molecule has 8 heteroatoms. The Labute approximate surface area is 145 Å². The maximum Gasteiger partial charge on any atom is 0.134 e. The summed E-state index contributed by atoms with van der Waals surface area (Å²) in [6.45, 7) is 4.52. The molecule has 1 unspecified atom stereocenters. The SMILES string of the molecule is CC(C)(O)Cn1cc(-c2cnc(N)c(C(=N)N3CCC(F)C3)c2)cn1. The fourth-order valence-corrected chi connectivity index (χ4v) is 2.91. The zero-order valence-corrected chi connectivity index (χ0v) is 14.4. The number of nitrogens with one attached hydrogen (secondary N) is 1. The lowest BCUT2D eigenvalue weighted by atomic mass is 10.1. The van der Waals surface area contributed by atoms with Crippen molar-refractivity contribution in [1.29, 1.82) is 5.41 Å². The van der Waals surface area contributed by atoms with Crippen LogP contribution in [-0.4, -0.2) is 55.5 Å². The molecule has 3 rings (SSSR count). The number of aromatic nitrogens is 3. The van der Waals surface area contributed by atoms with Crippen LogP contribution in [0.25, 0.3) is 11.1 Å². The van der Waals surface area contributed by atoms with E-state index in [4.69, 9.17) is 11.1 Å². The Morgan fingerprint density at radius 3 is 2.84 bits per heavy atom. The third-order valence-corrected chi connectivity index (χ3v) is 4.14. The van der Waals surface area contributed by atoms with Crippen molar-refractivity contribution in [1.82, 2.24) is 19.7 Å². The molecule has 7 nitrogen and oxygen atoms in total. The number of nitrogen functional groups attached to an aromatic ring is 1. The third-order valence-electron chi connectivity index (χ3n) is 4.14. The molecule has 134 valence electrons. The minimum absolute atomic E-state index is 0.191. The summed E-state index contributed by atoms with van der Waals surface area (Å²) in [5.41, 5.74) is 7.14. The maximum atomic E-state index is 13.4. The molecule has 0 aliphatic carbocycles. The number of aliphatic hydroxyl groups is 1. The average molecular weight is 346 g/mol. The van der Waals surface area contributed by atoms with E-state index in [1.807, 2.05) is 6.20 Å². The van der Waals surface area contributed by atoms with Gasteiger partial charge in [-0.05, 0) is 26.3 Å². The molecule has 0 spiro atoms. The highest BCUT2D eigenvalue weighted by molar-refractivity contribution is 6.01. The fraction of sp³-hybridized carbons (Fsp3) is 0.471. The van der Waals surface area contributed by atoms with Gasteiger partial charge in [-0.25, -0.2) is 9.37 Å². The van der Waals surface area contributed by atoms with E-state index in [9.17, 15) is 9.50 Å². The molecule has 0 bridgehead atoms. The minimum atomic E-state index is -0.905. The first kappa shape index (κ1) is 17.3. The standard InChI is InChI=1S/C17H23FN6O/c1-17(2,25)10-24-8-12(7-22-24)11-5-14(15(19)21-6-11)16(20)23-4-3-13(18)9-23/h5-8,13,20,25H,3-4,9-10H2,1-2H3,(H2,19,21). The molecular weight excluding hydrogens is 323 g/mol. The first-order valence-electron chi connectivity index (χ1n) is 8.21. The molecule has 0 amide bonds. The van der Waals surface area contributed by atoms with Crippen LogP contribution in [0.3, 0.4) is 0 Å². The molecule has 2 aromatic heterocycles. The van der Waals surface area contributed by atoms with Crippen LogP contribution in [0.5, 0.6) is 0 Å². The monoisotopic (exact) mass is 346 g/mol. The van der Waals surface area contributed by atoms with Gasteiger partial charge >= 0.3 is 0 Å². The zero-order valence-electron chi connectivity index (χ0n) is 14.4. The van der Waals surface area contributed by atoms with E-state index in [1.54, 1.807) is 41.9 Å². The quantitative estimate of drug-likeness (QED) is 0.577. The van der Waals surface area contributed by atoms with Crippen LogP contribution in [0.2, 0.25) is 0 Å². The van der Waals surface area contributed by atoms with Gasteiger partial charge in [-0.2, -0.15) is 5.10 Å². The molecule has 1 aliphatic heterocycles. The van der Waals surface area contributed by atoms with Crippen LogP contribution < -0.4 is 5.73 Å². The van der Waals surface area contributed by atoms with Crippen molar-refractivity contribution in [3.63, 3.8) is 0 Å². The molecule has 1 atom stereocenters. The van der Waals surface area contributed by atoms with Crippen LogP contribution in [0.4, 0.5) is 10.2 Å². The van der Waals surface area contributed by atoms with Gasteiger partial charge in [0, 0.05) is 30.1 Å². The first-order chi connectivity index (χ1) is 11.7. The molecule has 1 saturated heterocycles. The van der Waals surface area contributed by atoms with Crippen molar-refractivity contribution in [3.8, 4) is 11.1 Å². The van der Waals surface area contributed by atoms with Crippen molar-refractivity contribution < 1.29 is 9.50 Å². The number of hydrogen-bond acceptors (Lipinski definition) is 5. The number of alkyl halides is 1. The summed E-state index contributed by atoms with van der Waals surface area (Å²) in [6.07, 6.45) is 4.64. The molecular formula is C17H23FN6O. The molecule has 0 aromatic carbocycles. The zero-order chi connectivity index (χ0) is 18.2. The number of nitrogens with two attached hydrogens (primary N) is 1. The highest BCUT2D eigenvalue weighted by Crippen LogP contribution is 2.24. The molecule has 0 radical (unpaired) electrons. The lowest BCUT2D eigenvalue weighted by Crippen LogP contribution is -2.29. The summed E-state index contributed by atoms with van der Waals surface area (Å²) >= 11 is 0. The van der Waals surface area contributed by atoms with Gasteiger partial charge in [0.2, 0.25) is 0 Å².